The number of thiazole rings is 1. The molecule has 1 atom stereocenters. The van der Waals surface area contributed by atoms with Gasteiger partial charge in [-0.15, -0.1) is 11.3 Å². The van der Waals surface area contributed by atoms with Gasteiger partial charge in [0.2, 0.25) is 10.0 Å². The van der Waals surface area contributed by atoms with E-state index in [1.165, 1.54) is 35.0 Å². The molecule has 1 amide bonds. The van der Waals surface area contributed by atoms with Crippen LogP contribution in [0.25, 0.3) is 11.3 Å². The van der Waals surface area contributed by atoms with Crippen LogP contribution in [-0.4, -0.2) is 43.3 Å². The fraction of sp³-hybridized carbons (Fsp3) is 0.304. The van der Waals surface area contributed by atoms with E-state index in [1.807, 2.05) is 6.92 Å². The lowest BCUT2D eigenvalue weighted by molar-refractivity contribution is 0.102. The van der Waals surface area contributed by atoms with E-state index in [9.17, 15) is 22.0 Å². The second kappa shape index (κ2) is 9.77. The summed E-state index contributed by atoms with van der Waals surface area (Å²) in [7, 11) is -2.51. The molecular weight excluding hydrogens is 484 g/mol. The monoisotopic (exact) mass is 507 g/mol. The molecule has 0 radical (unpaired) electrons. The molecular formula is C23H23F2N3O4S2. The standard InChI is InChI=1S/C23H23F2N3O4S2/c1-14-5-3-4-10-28(14)34(30,31)21-11-15(6-9-20(21)32-2)22(29)27-23-26-19(13-33-23)17-12-16(24)7-8-18(17)25/h6-9,11-14H,3-5,10H2,1-2H3,(H,26,27,29)/t14-/m1/s1. The SMILES string of the molecule is COc1ccc(C(=O)Nc2nc(-c3cc(F)ccc3F)cs2)cc1S(=O)(=O)N1CCCC[C@H]1C. The van der Waals surface area contributed by atoms with E-state index in [0.29, 0.717) is 6.54 Å². The van der Waals surface area contributed by atoms with Gasteiger partial charge in [-0.1, -0.05) is 6.42 Å². The first kappa shape index (κ1) is 24.2. The number of ether oxygens (including phenoxy) is 1. The zero-order valence-corrected chi connectivity index (χ0v) is 20.2. The highest BCUT2D eigenvalue weighted by molar-refractivity contribution is 7.89. The number of piperidine rings is 1. The lowest BCUT2D eigenvalue weighted by Crippen LogP contribution is -2.42. The van der Waals surface area contributed by atoms with Crippen LogP contribution in [0.1, 0.15) is 36.5 Å². The number of aromatic nitrogens is 1. The number of nitrogens with one attached hydrogen (secondary N) is 1. The Morgan fingerprint density at radius 1 is 1.21 bits per heavy atom. The third-order valence-electron chi connectivity index (χ3n) is 5.68. The van der Waals surface area contributed by atoms with E-state index in [1.54, 1.807) is 0 Å². The predicted molar refractivity (Wildman–Crippen MR) is 126 cm³/mol. The first-order chi connectivity index (χ1) is 16.2. The Balaban J connectivity index is 1.60. The second-order valence-corrected chi connectivity index (χ2v) is 10.7. The maximum Gasteiger partial charge on any atom is 0.257 e. The molecule has 0 unspecified atom stereocenters. The molecule has 4 rings (SSSR count). The van der Waals surface area contributed by atoms with Crippen LogP contribution >= 0.6 is 11.3 Å². The summed E-state index contributed by atoms with van der Waals surface area (Å²) in [5, 5.41) is 4.25. The average molecular weight is 508 g/mol. The molecule has 0 spiro atoms. The van der Waals surface area contributed by atoms with Gasteiger partial charge in [0, 0.05) is 29.1 Å². The number of carbonyl (C=O) groups excluding carboxylic acids is 1. The Kier molecular flexibility index (Phi) is 6.96. The van der Waals surface area contributed by atoms with Gasteiger partial charge in [0.25, 0.3) is 5.91 Å². The topological polar surface area (TPSA) is 88.6 Å². The number of methoxy groups -OCH3 is 1. The van der Waals surface area contributed by atoms with Gasteiger partial charge < -0.3 is 4.74 Å². The number of hydrogen-bond acceptors (Lipinski definition) is 6. The molecule has 0 aliphatic carbocycles. The van der Waals surface area contributed by atoms with E-state index in [0.717, 1.165) is 48.8 Å². The Morgan fingerprint density at radius 3 is 2.74 bits per heavy atom. The molecule has 2 heterocycles. The molecule has 34 heavy (non-hydrogen) atoms. The lowest BCUT2D eigenvalue weighted by atomic mass is 10.1. The van der Waals surface area contributed by atoms with E-state index in [-0.39, 0.29) is 38.6 Å². The Bertz CT molecular complexity index is 1330. The van der Waals surface area contributed by atoms with Crippen molar-refractivity contribution in [2.75, 3.05) is 19.0 Å². The maximum absolute atomic E-state index is 14.0. The van der Waals surface area contributed by atoms with E-state index >= 15 is 0 Å². The minimum atomic E-state index is -3.89. The van der Waals surface area contributed by atoms with E-state index in [2.05, 4.69) is 10.3 Å². The normalized spacial score (nSPS) is 16.9. The van der Waals surface area contributed by atoms with Gasteiger partial charge >= 0.3 is 0 Å². The van der Waals surface area contributed by atoms with Crippen molar-refractivity contribution in [3.63, 3.8) is 0 Å². The van der Waals surface area contributed by atoms with Crippen molar-refractivity contribution in [2.45, 2.75) is 37.1 Å². The summed E-state index contributed by atoms with van der Waals surface area (Å²) in [6, 6.07) is 7.06. The number of hydrogen-bond donors (Lipinski definition) is 1. The van der Waals surface area contributed by atoms with Gasteiger partial charge in [0.05, 0.1) is 12.8 Å². The lowest BCUT2D eigenvalue weighted by Gasteiger charge is -2.32. The number of amides is 1. The van der Waals surface area contributed by atoms with Crippen LogP contribution in [0.5, 0.6) is 5.75 Å². The third-order valence-corrected chi connectivity index (χ3v) is 8.48. The van der Waals surface area contributed by atoms with Crippen molar-refractivity contribution in [1.29, 1.82) is 0 Å². The number of halogens is 2. The zero-order chi connectivity index (χ0) is 24.5. The quantitative estimate of drug-likeness (QED) is 0.512. The molecule has 7 nitrogen and oxygen atoms in total. The molecule has 1 saturated heterocycles. The van der Waals surface area contributed by atoms with Gasteiger partial charge in [0.1, 0.15) is 22.3 Å². The number of sulfonamides is 1. The van der Waals surface area contributed by atoms with Crippen LogP contribution in [0.3, 0.4) is 0 Å². The molecule has 1 aliphatic rings. The molecule has 1 aliphatic heterocycles. The van der Waals surface area contributed by atoms with Gasteiger partial charge in [0.15, 0.2) is 5.13 Å². The third kappa shape index (κ3) is 4.82. The van der Waals surface area contributed by atoms with Crippen molar-refractivity contribution in [1.82, 2.24) is 9.29 Å². The Morgan fingerprint density at radius 2 is 2.00 bits per heavy atom. The van der Waals surface area contributed by atoms with Crippen molar-refractivity contribution < 1.29 is 26.7 Å². The molecule has 1 N–H and O–H groups in total. The molecule has 3 aromatic rings. The average Bonchev–Trinajstić information content (AvgIpc) is 3.28. The second-order valence-electron chi connectivity index (χ2n) is 7.94. The zero-order valence-electron chi connectivity index (χ0n) is 18.5. The Hall–Kier alpha value is -2.89. The summed E-state index contributed by atoms with van der Waals surface area (Å²) in [6.07, 6.45) is 2.49. The number of carbonyl (C=O) groups is 1. The first-order valence-corrected chi connectivity index (χ1v) is 12.9. The smallest absolute Gasteiger partial charge is 0.257 e. The van der Waals surface area contributed by atoms with Gasteiger partial charge in [-0.3, -0.25) is 10.1 Å². The van der Waals surface area contributed by atoms with Crippen molar-refractivity contribution in [3.8, 4) is 17.0 Å². The molecule has 0 bridgehead atoms. The van der Waals surface area contributed by atoms with Crippen LogP contribution in [0.15, 0.2) is 46.7 Å². The van der Waals surface area contributed by atoms with Gasteiger partial charge in [-0.2, -0.15) is 4.31 Å². The van der Waals surface area contributed by atoms with Crippen molar-refractivity contribution in [2.24, 2.45) is 0 Å². The van der Waals surface area contributed by atoms with Crippen molar-refractivity contribution >= 4 is 32.4 Å². The summed E-state index contributed by atoms with van der Waals surface area (Å²) in [6.45, 7) is 2.27. The van der Waals surface area contributed by atoms with Crippen LogP contribution in [0.4, 0.5) is 13.9 Å². The van der Waals surface area contributed by atoms with Crippen LogP contribution in [-0.2, 0) is 10.0 Å². The highest BCUT2D eigenvalue weighted by atomic mass is 32.2. The molecule has 11 heteroatoms. The summed E-state index contributed by atoms with van der Waals surface area (Å²) < 4.78 is 61.0. The van der Waals surface area contributed by atoms with E-state index in [4.69, 9.17) is 4.74 Å². The van der Waals surface area contributed by atoms with Crippen LogP contribution in [0.2, 0.25) is 0 Å². The highest BCUT2D eigenvalue weighted by Crippen LogP contribution is 2.32. The fourth-order valence-electron chi connectivity index (χ4n) is 3.89. The largest absolute Gasteiger partial charge is 0.495 e. The molecule has 0 saturated carbocycles. The summed E-state index contributed by atoms with van der Waals surface area (Å²) in [5.74, 6) is -1.69. The number of benzene rings is 2. The molecule has 2 aromatic carbocycles. The highest BCUT2D eigenvalue weighted by Gasteiger charge is 2.33. The summed E-state index contributed by atoms with van der Waals surface area (Å²) in [5.41, 5.74) is 0.248. The minimum absolute atomic E-state index is 0.0229. The minimum Gasteiger partial charge on any atom is -0.495 e. The van der Waals surface area contributed by atoms with E-state index < -0.39 is 27.6 Å². The van der Waals surface area contributed by atoms with Crippen LogP contribution < -0.4 is 10.1 Å². The number of anilines is 1. The molecule has 1 aromatic heterocycles. The first-order valence-electron chi connectivity index (χ1n) is 10.6. The molecule has 180 valence electrons. The van der Waals surface area contributed by atoms with Crippen molar-refractivity contribution in [3.05, 3.63) is 59.0 Å². The number of rotatable bonds is 6. The maximum atomic E-state index is 14.0. The van der Waals surface area contributed by atoms with Gasteiger partial charge in [-0.25, -0.2) is 22.2 Å². The van der Waals surface area contributed by atoms with Gasteiger partial charge in [-0.05, 0) is 56.2 Å². The summed E-state index contributed by atoms with van der Waals surface area (Å²) >= 11 is 1.04. The van der Waals surface area contributed by atoms with Crippen LogP contribution in [0, 0.1) is 11.6 Å². The summed E-state index contributed by atoms with van der Waals surface area (Å²) in [4.78, 5) is 17.0. The predicted octanol–water partition coefficient (Wildman–Crippen LogP) is 4.91. The fourth-order valence-corrected chi connectivity index (χ4v) is 6.48. The number of nitrogens with zero attached hydrogens (tertiary/aromatic N) is 2. The Labute approximate surface area is 200 Å². The molecule has 1 fully saturated rings.